The van der Waals surface area contributed by atoms with Gasteiger partial charge in [-0.05, 0) is 109 Å². The summed E-state index contributed by atoms with van der Waals surface area (Å²) < 4.78 is 5.86. The SMILES string of the molecule is CC(=O)O[C@H]1CC[C@H]2C(=CC[C@@H]3[C@@]2(C)CC[C@@]2(C)[C@H]4CC(C)(C)CC[C@]4(C)CC[C@]32C)C1(C)C. The summed E-state index contributed by atoms with van der Waals surface area (Å²) in [5.74, 6) is 2.14. The predicted octanol–water partition coefficient (Wildman–Crippen LogP) is 8.74. The number of hydrogen-bond acceptors (Lipinski definition) is 2. The largest absolute Gasteiger partial charge is 0.462 e. The summed E-state index contributed by atoms with van der Waals surface area (Å²) in [5.41, 5.74) is 3.81. The van der Waals surface area contributed by atoms with E-state index in [4.69, 9.17) is 4.74 Å². The maximum Gasteiger partial charge on any atom is 0.302 e. The van der Waals surface area contributed by atoms with Gasteiger partial charge in [0, 0.05) is 12.3 Å². The Hall–Kier alpha value is -0.790. The fourth-order valence-electron chi connectivity index (χ4n) is 10.8. The van der Waals surface area contributed by atoms with E-state index in [9.17, 15) is 4.79 Å². The number of rotatable bonds is 1. The van der Waals surface area contributed by atoms with Crippen molar-refractivity contribution in [2.45, 2.75) is 133 Å². The quantitative estimate of drug-likeness (QED) is 0.284. The molecule has 0 N–H and O–H groups in total. The number of fused-ring (bicyclic) bond motifs is 7. The van der Waals surface area contributed by atoms with Crippen LogP contribution < -0.4 is 0 Å². The molecule has 5 aliphatic carbocycles. The average Bonchev–Trinajstić information content (AvgIpc) is 2.73. The standard InChI is InChI=1S/C32H52O2/c1-21(33)34-26-13-11-23-22(28(26,4)5)10-12-24-30(23,7)17-19-32(9)25-20-27(2,3)14-15-29(25,6)16-18-31(24,32)8/h10,23-26H,11-20H2,1-9H3/t23-,24+,25-,26-,29+,30-,31+,32-/m0/s1. The summed E-state index contributed by atoms with van der Waals surface area (Å²) >= 11 is 0. The molecule has 0 amide bonds. The molecule has 2 heteroatoms. The van der Waals surface area contributed by atoms with Crippen molar-refractivity contribution < 1.29 is 9.53 Å². The Labute approximate surface area is 210 Å². The summed E-state index contributed by atoms with van der Waals surface area (Å²) in [6, 6.07) is 0. The first-order valence-corrected chi connectivity index (χ1v) is 14.5. The Morgan fingerprint density at radius 2 is 1.44 bits per heavy atom. The summed E-state index contributed by atoms with van der Waals surface area (Å²) in [6.45, 7) is 22.1. The molecule has 0 saturated heterocycles. The van der Waals surface area contributed by atoms with E-state index in [0.717, 1.165) is 18.3 Å². The van der Waals surface area contributed by atoms with Gasteiger partial charge in [0.25, 0.3) is 0 Å². The molecule has 192 valence electrons. The van der Waals surface area contributed by atoms with Crippen LogP contribution in [0.5, 0.6) is 0 Å². The molecule has 2 nitrogen and oxygen atoms in total. The Morgan fingerprint density at radius 3 is 2.12 bits per heavy atom. The molecule has 0 aromatic rings. The van der Waals surface area contributed by atoms with Crippen LogP contribution in [0.15, 0.2) is 11.6 Å². The van der Waals surface area contributed by atoms with Crippen LogP contribution in [-0.2, 0) is 9.53 Å². The Kier molecular flexibility index (Phi) is 5.40. The lowest BCUT2D eigenvalue weighted by Gasteiger charge is -2.73. The summed E-state index contributed by atoms with van der Waals surface area (Å²) in [4.78, 5) is 11.8. The van der Waals surface area contributed by atoms with Gasteiger partial charge in [-0.3, -0.25) is 4.79 Å². The van der Waals surface area contributed by atoms with E-state index >= 15 is 0 Å². The summed E-state index contributed by atoms with van der Waals surface area (Å²) in [5, 5.41) is 0. The molecule has 4 fully saturated rings. The first-order valence-electron chi connectivity index (χ1n) is 14.5. The highest BCUT2D eigenvalue weighted by Gasteiger charge is 2.69. The van der Waals surface area contributed by atoms with Crippen molar-refractivity contribution >= 4 is 5.97 Å². The Bertz CT molecular complexity index is 897. The molecule has 0 unspecified atom stereocenters. The van der Waals surface area contributed by atoms with Crippen molar-refractivity contribution in [3.63, 3.8) is 0 Å². The third-order valence-electron chi connectivity index (χ3n) is 13.3. The lowest BCUT2D eigenvalue weighted by Crippen LogP contribution is -2.65. The van der Waals surface area contributed by atoms with E-state index in [-0.39, 0.29) is 17.5 Å². The van der Waals surface area contributed by atoms with E-state index in [1.807, 2.05) is 0 Å². The van der Waals surface area contributed by atoms with Crippen molar-refractivity contribution in [1.29, 1.82) is 0 Å². The van der Waals surface area contributed by atoms with Crippen LogP contribution in [0.25, 0.3) is 0 Å². The van der Waals surface area contributed by atoms with E-state index in [1.54, 1.807) is 12.5 Å². The molecule has 34 heavy (non-hydrogen) atoms. The molecule has 5 aliphatic rings. The summed E-state index contributed by atoms with van der Waals surface area (Å²) in [7, 11) is 0. The third-order valence-corrected chi connectivity index (χ3v) is 13.3. The van der Waals surface area contributed by atoms with Gasteiger partial charge in [0.05, 0.1) is 0 Å². The minimum Gasteiger partial charge on any atom is -0.462 e. The van der Waals surface area contributed by atoms with Gasteiger partial charge in [0.15, 0.2) is 0 Å². The van der Waals surface area contributed by atoms with E-state index in [2.05, 4.69) is 61.5 Å². The number of carbonyl (C=O) groups is 1. The third kappa shape index (κ3) is 3.21. The normalized spacial score (nSPS) is 51.1. The molecule has 0 aliphatic heterocycles. The zero-order valence-corrected chi connectivity index (χ0v) is 23.8. The van der Waals surface area contributed by atoms with Gasteiger partial charge >= 0.3 is 5.97 Å². The second kappa shape index (κ2) is 7.38. The van der Waals surface area contributed by atoms with Gasteiger partial charge in [-0.25, -0.2) is 0 Å². The van der Waals surface area contributed by atoms with Crippen molar-refractivity contribution in [3.8, 4) is 0 Å². The average molecular weight is 469 g/mol. The van der Waals surface area contributed by atoms with E-state index in [0.29, 0.717) is 33.0 Å². The van der Waals surface area contributed by atoms with Crippen molar-refractivity contribution in [1.82, 2.24) is 0 Å². The number of allylic oxidation sites excluding steroid dienone is 1. The van der Waals surface area contributed by atoms with Gasteiger partial charge in [0.2, 0.25) is 0 Å². The molecular formula is C32H52O2. The van der Waals surface area contributed by atoms with E-state index < -0.39 is 0 Å². The van der Waals surface area contributed by atoms with Crippen molar-refractivity contribution in [2.75, 3.05) is 0 Å². The molecule has 0 spiro atoms. The minimum absolute atomic E-state index is 0.0250. The Morgan fingerprint density at radius 1 is 0.824 bits per heavy atom. The molecule has 0 heterocycles. The number of esters is 1. The number of ether oxygens (including phenoxy) is 1. The lowest BCUT2D eigenvalue weighted by atomic mass is 9.31. The second-order valence-corrected chi connectivity index (χ2v) is 15.8. The molecule has 5 rings (SSSR count). The van der Waals surface area contributed by atoms with Gasteiger partial charge < -0.3 is 4.74 Å². The number of hydrogen-bond donors (Lipinski definition) is 0. The van der Waals surface area contributed by atoms with Crippen LogP contribution in [0.1, 0.15) is 127 Å². The fourth-order valence-corrected chi connectivity index (χ4v) is 10.8. The molecule has 4 saturated carbocycles. The highest BCUT2D eigenvalue weighted by Crippen LogP contribution is 2.77. The van der Waals surface area contributed by atoms with Crippen LogP contribution in [0.3, 0.4) is 0 Å². The van der Waals surface area contributed by atoms with Gasteiger partial charge in [-0.15, -0.1) is 0 Å². The van der Waals surface area contributed by atoms with Crippen LogP contribution in [-0.4, -0.2) is 12.1 Å². The zero-order valence-electron chi connectivity index (χ0n) is 23.8. The van der Waals surface area contributed by atoms with Crippen molar-refractivity contribution in [3.05, 3.63) is 11.6 Å². The van der Waals surface area contributed by atoms with Crippen LogP contribution >= 0.6 is 0 Å². The van der Waals surface area contributed by atoms with Gasteiger partial charge in [0.1, 0.15) is 6.10 Å². The van der Waals surface area contributed by atoms with Crippen LogP contribution in [0.4, 0.5) is 0 Å². The second-order valence-electron chi connectivity index (χ2n) is 15.8. The zero-order chi connectivity index (χ0) is 24.9. The highest BCUT2D eigenvalue weighted by atomic mass is 16.5. The molecule has 8 atom stereocenters. The monoisotopic (exact) mass is 468 g/mol. The van der Waals surface area contributed by atoms with Gasteiger partial charge in [-0.1, -0.05) is 67.0 Å². The smallest absolute Gasteiger partial charge is 0.302 e. The lowest BCUT2D eigenvalue weighted by molar-refractivity contribution is -0.231. The first kappa shape index (κ1) is 24.9. The molecule has 0 aromatic heterocycles. The van der Waals surface area contributed by atoms with Crippen LogP contribution in [0.2, 0.25) is 0 Å². The van der Waals surface area contributed by atoms with E-state index in [1.165, 1.54) is 57.8 Å². The highest BCUT2D eigenvalue weighted by molar-refractivity contribution is 5.66. The molecule has 0 radical (unpaired) electrons. The number of carbonyl (C=O) groups excluding carboxylic acids is 1. The molecular weight excluding hydrogens is 416 g/mol. The maximum atomic E-state index is 11.8. The van der Waals surface area contributed by atoms with Gasteiger partial charge in [-0.2, -0.15) is 0 Å². The minimum atomic E-state index is -0.126. The fraction of sp³-hybridized carbons (Fsp3) is 0.906. The van der Waals surface area contributed by atoms with Crippen LogP contribution in [0, 0.1) is 50.2 Å². The molecule has 0 bridgehead atoms. The topological polar surface area (TPSA) is 26.3 Å². The summed E-state index contributed by atoms with van der Waals surface area (Å²) in [6.07, 6.45) is 15.9. The molecule has 0 aromatic carbocycles. The maximum absolute atomic E-state index is 11.8. The Balaban J connectivity index is 1.52. The van der Waals surface area contributed by atoms with Crippen molar-refractivity contribution in [2.24, 2.45) is 50.2 Å². The first-order chi connectivity index (χ1) is 15.6. The predicted molar refractivity (Wildman–Crippen MR) is 140 cm³/mol.